The number of nitrogens with one attached hydrogen (secondary N) is 1. The number of benzene rings is 1. The van der Waals surface area contributed by atoms with Crippen molar-refractivity contribution >= 4 is 29.9 Å². The summed E-state index contributed by atoms with van der Waals surface area (Å²) < 4.78 is 16.8. The first-order valence-corrected chi connectivity index (χ1v) is 10.7. The van der Waals surface area contributed by atoms with E-state index < -0.39 is 0 Å². The van der Waals surface area contributed by atoms with Crippen molar-refractivity contribution in [3.63, 3.8) is 0 Å². The third-order valence-electron chi connectivity index (χ3n) is 6.26. The lowest BCUT2D eigenvalue weighted by Gasteiger charge is -2.38. The molecule has 1 aromatic rings. The number of nitrogens with zero attached hydrogens (tertiary/aromatic N) is 2. The molecule has 0 spiro atoms. The zero-order valence-corrected chi connectivity index (χ0v) is 19.9. The number of rotatable bonds is 4. The van der Waals surface area contributed by atoms with E-state index in [4.69, 9.17) is 19.2 Å². The van der Waals surface area contributed by atoms with Crippen molar-refractivity contribution in [3.05, 3.63) is 23.8 Å². The van der Waals surface area contributed by atoms with Crippen molar-refractivity contribution in [1.82, 2.24) is 10.2 Å². The van der Waals surface area contributed by atoms with Crippen LogP contribution in [0.2, 0.25) is 0 Å². The lowest BCUT2D eigenvalue weighted by molar-refractivity contribution is 0.0529. The molecule has 7 heteroatoms. The number of likely N-dealkylation sites (tertiary alicyclic amines) is 1. The van der Waals surface area contributed by atoms with Crippen molar-refractivity contribution in [3.8, 4) is 11.5 Å². The van der Waals surface area contributed by atoms with Gasteiger partial charge in [-0.3, -0.25) is 4.99 Å². The lowest BCUT2D eigenvalue weighted by Crippen LogP contribution is -2.47. The molecule has 0 bridgehead atoms. The van der Waals surface area contributed by atoms with Crippen molar-refractivity contribution in [2.24, 2.45) is 10.9 Å². The van der Waals surface area contributed by atoms with E-state index in [0.717, 1.165) is 75.6 Å². The van der Waals surface area contributed by atoms with Gasteiger partial charge in [0.15, 0.2) is 17.5 Å². The van der Waals surface area contributed by atoms with Crippen molar-refractivity contribution in [1.29, 1.82) is 0 Å². The van der Waals surface area contributed by atoms with Gasteiger partial charge in [-0.25, -0.2) is 0 Å². The van der Waals surface area contributed by atoms with Gasteiger partial charge in [0.1, 0.15) is 0 Å². The number of hydrogen-bond acceptors (Lipinski definition) is 4. The van der Waals surface area contributed by atoms with Crippen LogP contribution in [0.3, 0.4) is 0 Å². The number of hydrogen-bond donors (Lipinski definition) is 1. The minimum atomic E-state index is -0.0126. The Kier molecular flexibility index (Phi) is 7.90. The third-order valence-corrected chi connectivity index (χ3v) is 6.26. The van der Waals surface area contributed by atoms with Gasteiger partial charge in [0.2, 0.25) is 6.79 Å². The third kappa shape index (κ3) is 5.10. The van der Waals surface area contributed by atoms with Gasteiger partial charge in [-0.1, -0.05) is 13.0 Å². The zero-order chi connectivity index (χ0) is 19.4. The van der Waals surface area contributed by atoms with E-state index in [2.05, 4.69) is 36.2 Å². The van der Waals surface area contributed by atoms with Crippen LogP contribution in [-0.4, -0.2) is 57.0 Å². The molecule has 1 aromatic carbocycles. The normalized spacial score (nSPS) is 23.4. The van der Waals surface area contributed by atoms with Gasteiger partial charge in [-0.05, 0) is 56.2 Å². The molecule has 2 saturated heterocycles. The fraction of sp³-hybridized carbons (Fsp3) is 0.682. The molecule has 1 unspecified atom stereocenters. The topological polar surface area (TPSA) is 55.3 Å². The zero-order valence-electron chi connectivity index (χ0n) is 17.6. The van der Waals surface area contributed by atoms with Crippen molar-refractivity contribution in [2.45, 2.75) is 44.9 Å². The molecular weight excluding hydrogens is 481 g/mol. The van der Waals surface area contributed by atoms with Crippen LogP contribution in [0, 0.1) is 5.92 Å². The number of fused-ring (bicyclic) bond motifs is 1. The summed E-state index contributed by atoms with van der Waals surface area (Å²) in [7, 11) is 0. The van der Waals surface area contributed by atoms with Crippen LogP contribution in [0.1, 0.15) is 45.1 Å². The van der Waals surface area contributed by atoms with Crippen LogP contribution in [0.15, 0.2) is 23.2 Å². The molecule has 2 fully saturated rings. The molecule has 0 radical (unpaired) electrons. The van der Waals surface area contributed by atoms with Gasteiger partial charge < -0.3 is 24.4 Å². The van der Waals surface area contributed by atoms with Gasteiger partial charge >= 0.3 is 0 Å². The molecule has 0 aliphatic carbocycles. The smallest absolute Gasteiger partial charge is 0.231 e. The molecule has 3 heterocycles. The largest absolute Gasteiger partial charge is 0.454 e. The first-order valence-electron chi connectivity index (χ1n) is 10.7. The summed E-state index contributed by atoms with van der Waals surface area (Å²) in [5.41, 5.74) is 1.27. The van der Waals surface area contributed by atoms with Crippen LogP contribution < -0.4 is 14.8 Å². The van der Waals surface area contributed by atoms with Crippen LogP contribution >= 0.6 is 24.0 Å². The molecule has 1 atom stereocenters. The van der Waals surface area contributed by atoms with Gasteiger partial charge in [0, 0.05) is 38.3 Å². The molecule has 1 N–H and O–H groups in total. The Hall–Kier alpha value is -1.22. The molecule has 0 aromatic heterocycles. The maximum Gasteiger partial charge on any atom is 0.231 e. The Bertz CT molecular complexity index is 707. The van der Waals surface area contributed by atoms with E-state index >= 15 is 0 Å². The summed E-state index contributed by atoms with van der Waals surface area (Å²) in [5.74, 6) is 3.47. The predicted octanol–water partition coefficient (Wildman–Crippen LogP) is 3.78. The number of ether oxygens (including phenoxy) is 3. The highest BCUT2D eigenvalue weighted by atomic mass is 127. The maximum absolute atomic E-state index is 5.69. The first-order chi connectivity index (χ1) is 13.7. The summed E-state index contributed by atoms with van der Waals surface area (Å²) in [4.78, 5) is 7.58. The molecule has 29 heavy (non-hydrogen) atoms. The van der Waals surface area contributed by atoms with Gasteiger partial charge in [-0.2, -0.15) is 0 Å². The Morgan fingerprint density at radius 2 is 2.03 bits per heavy atom. The Morgan fingerprint density at radius 1 is 1.24 bits per heavy atom. The van der Waals surface area contributed by atoms with Crippen molar-refractivity contribution < 1.29 is 14.2 Å². The molecule has 162 valence electrons. The van der Waals surface area contributed by atoms with Crippen LogP contribution in [-0.2, 0) is 10.2 Å². The monoisotopic (exact) mass is 515 g/mol. The summed E-state index contributed by atoms with van der Waals surface area (Å²) in [6.45, 7) is 10.2. The predicted molar refractivity (Wildman–Crippen MR) is 126 cm³/mol. The number of halogens is 1. The fourth-order valence-electron chi connectivity index (χ4n) is 4.56. The molecule has 3 aliphatic rings. The van der Waals surface area contributed by atoms with E-state index in [9.17, 15) is 0 Å². The van der Waals surface area contributed by atoms with Gasteiger partial charge in [0.25, 0.3) is 0 Å². The molecular formula is C22H34IN3O3. The minimum Gasteiger partial charge on any atom is -0.454 e. The van der Waals surface area contributed by atoms with E-state index in [0.29, 0.717) is 6.79 Å². The number of aliphatic imine (C=N–C) groups is 1. The van der Waals surface area contributed by atoms with E-state index in [1.54, 1.807) is 0 Å². The fourth-order valence-corrected chi connectivity index (χ4v) is 4.56. The Morgan fingerprint density at radius 3 is 2.79 bits per heavy atom. The summed E-state index contributed by atoms with van der Waals surface area (Å²) >= 11 is 0. The Balaban J connectivity index is 0.00000240. The number of piperidine rings is 1. The van der Waals surface area contributed by atoms with E-state index in [1.807, 2.05) is 6.07 Å². The van der Waals surface area contributed by atoms with Crippen LogP contribution in [0.25, 0.3) is 0 Å². The maximum atomic E-state index is 5.69. The Labute approximate surface area is 191 Å². The molecule has 6 nitrogen and oxygen atoms in total. The summed E-state index contributed by atoms with van der Waals surface area (Å²) in [5, 5.41) is 3.52. The highest BCUT2D eigenvalue weighted by molar-refractivity contribution is 14.0. The molecule has 3 aliphatic heterocycles. The summed E-state index contributed by atoms with van der Waals surface area (Å²) in [6, 6.07) is 6.37. The quantitative estimate of drug-likeness (QED) is 0.376. The van der Waals surface area contributed by atoms with Gasteiger partial charge in [0.05, 0.1) is 6.54 Å². The molecule has 0 saturated carbocycles. The molecule has 4 rings (SSSR count). The van der Waals surface area contributed by atoms with Gasteiger partial charge in [-0.15, -0.1) is 24.0 Å². The lowest BCUT2D eigenvalue weighted by atomic mass is 9.74. The van der Waals surface area contributed by atoms with E-state index in [-0.39, 0.29) is 29.4 Å². The highest BCUT2D eigenvalue weighted by Crippen LogP contribution is 2.41. The first kappa shape index (κ1) is 22.5. The second-order valence-corrected chi connectivity index (χ2v) is 8.32. The second-order valence-electron chi connectivity index (χ2n) is 8.32. The highest BCUT2D eigenvalue weighted by Gasteiger charge is 2.36. The summed E-state index contributed by atoms with van der Waals surface area (Å²) in [6.07, 6.45) is 4.51. The second kappa shape index (κ2) is 10.2. The number of guanidine groups is 1. The minimum absolute atomic E-state index is 0. The van der Waals surface area contributed by atoms with Crippen LogP contribution in [0.5, 0.6) is 11.5 Å². The average Bonchev–Trinajstić information content (AvgIpc) is 3.20. The molecule has 0 amide bonds. The van der Waals surface area contributed by atoms with E-state index in [1.165, 1.54) is 18.4 Å². The van der Waals surface area contributed by atoms with Crippen LogP contribution in [0.4, 0.5) is 0 Å². The van der Waals surface area contributed by atoms with Crippen molar-refractivity contribution in [2.75, 3.05) is 46.2 Å². The average molecular weight is 515 g/mol. The SMILES string of the molecule is CCNC(=NCC1(c2ccc3c(c2)OCO3)CCOCC1)N1CCCC(C)C1.I. The standard InChI is InChI=1S/C22H33N3O3.HI/c1-3-23-21(25-10-4-5-17(2)14-25)24-15-22(8-11-26-12-9-22)18-6-7-19-20(13-18)28-16-27-19;/h6-7,13,17H,3-5,8-12,14-16H2,1-2H3,(H,23,24);1H.